The lowest BCUT2D eigenvalue weighted by Gasteiger charge is -2.27. The molecule has 3 N–H and O–H groups in total. The molecule has 1 aliphatic heterocycles. The third kappa shape index (κ3) is 4.07. The zero-order valence-corrected chi connectivity index (χ0v) is 26.0. The summed E-state index contributed by atoms with van der Waals surface area (Å²) in [7, 11) is 3.67. The molecule has 3 fully saturated rings. The van der Waals surface area contributed by atoms with Gasteiger partial charge in [0.2, 0.25) is 0 Å². The number of fused-ring (bicyclic) bond motifs is 5. The molecule has 3 aromatic carbocycles. The van der Waals surface area contributed by atoms with Gasteiger partial charge in [0.1, 0.15) is 11.3 Å². The van der Waals surface area contributed by atoms with Gasteiger partial charge in [0.25, 0.3) is 11.5 Å². The summed E-state index contributed by atoms with van der Waals surface area (Å²) in [6, 6.07) is 20.6. The summed E-state index contributed by atoms with van der Waals surface area (Å²) in [6.07, 6.45) is 6.21. The molecule has 2 saturated carbocycles. The maximum Gasteiger partial charge on any atom is 0.255 e. The third-order valence-corrected chi connectivity index (χ3v) is 10.7. The molecule has 3 aromatic heterocycles. The lowest BCUT2D eigenvalue weighted by Crippen LogP contribution is -2.41. The van der Waals surface area contributed by atoms with Crippen molar-refractivity contribution in [1.82, 2.24) is 24.0 Å². The van der Waals surface area contributed by atoms with Crippen LogP contribution in [0.15, 0.2) is 71.7 Å². The van der Waals surface area contributed by atoms with Gasteiger partial charge < -0.3 is 29.5 Å². The predicted molar refractivity (Wildman–Crippen MR) is 180 cm³/mol. The number of carbonyl (C=O) groups excluding carboxylic acids is 1. The van der Waals surface area contributed by atoms with Crippen molar-refractivity contribution in [3.05, 3.63) is 82.8 Å². The molecule has 6 aromatic rings. The Labute approximate surface area is 265 Å². The third-order valence-electron chi connectivity index (χ3n) is 10.7. The lowest BCUT2D eigenvalue weighted by atomic mass is 9.98. The number of ether oxygens (including phenoxy) is 1. The number of nitrogens with two attached hydrogens (primary N) is 1. The maximum atomic E-state index is 13.8. The molecule has 2 aliphatic carbocycles. The molecule has 9 rings (SSSR count). The number of imidazole rings is 1. The van der Waals surface area contributed by atoms with Gasteiger partial charge in [-0.2, -0.15) is 0 Å². The van der Waals surface area contributed by atoms with Crippen LogP contribution in [0.25, 0.3) is 55.4 Å². The van der Waals surface area contributed by atoms with Gasteiger partial charge in [0.05, 0.1) is 18.3 Å². The second kappa shape index (κ2) is 10.1. The number of aromatic nitrogens is 4. The van der Waals surface area contributed by atoms with E-state index in [-0.39, 0.29) is 23.6 Å². The number of nitrogens with zero attached hydrogens (tertiary/aromatic N) is 4. The summed E-state index contributed by atoms with van der Waals surface area (Å²) >= 11 is 0. The van der Waals surface area contributed by atoms with E-state index in [1.165, 1.54) is 12.8 Å². The molecule has 4 heterocycles. The van der Waals surface area contributed by atoms with Crippen LogP contribution in [0.2, 0.25) is 0 Å². The minimum Gasteiger partial charge on any atom is -0.494 e. The molecule has 3 aliphatic rings. The number of nitrogens with one attached hydrogen (secondary N) is 1. The molecule has 0 radical (unpaired) electrons. The standard InChI is InChI=1S/C37H36N6O3/c1-41-34-28(14-24(17-32(34)46-2)37(45)43-19-23-10-11-29(43)33(23)38)40-35(41)31-16-22-9-8-21(15-30(22)42(31)18-20-6-7-20)25-4-3-5-27-26(25)12-13-39-36(27)44/h3-5,8-9,12-17,20,23,29,33H,6-7,10-11,18-19,38H2,1-2H3,(H,39,44)/t23?,29?,33-/m1/s1. The van der Waals surface area contributed by atoms with Crippen LogP contribution in [0.4, 0.5) is 0 Å². The Morgan fingerprint density at radius 1 is 1.04 bits per heavy atom. The van der Waals surface area contributed by atoms with Crippen molar-refractivity contribution in [1.29, 1.82) is 0 Å². The molecule has 9 nitrogen and oxygen atoms in total. The van der Waals surface area contributed by atoms with Crippen molar-refractivity contribution < 1.29 is 9.53 Å². The number of carbonyl (C=O) groups is 1. The zero-order valence-electron chi connectivity index (χ0n) is 26.0. The first-order valence-corrected chi connectivity index (χ1v) is 16.2. The highest BCUT2D eigenvalue weighted by molar-refractivity contribution is 6.01. The maximum absolute atomic E-state index is 13.8. The molecular weight excluding hydrogens is 576 g/mol. The predicted octanol–water partition coefficient (Wildman–Crippen LogP) is 5.68. The molecular formula is C37H36N6O3. The quantitative estimate of drug-likeness (QED) is 0.251. The van der Waals surface area contributed by atoms with Gasteiger partial charge in [-0.3, -0.25) is 9.59 Å². The average Bonchev–Trinajstić information content (AvgIpc) is 3.48. The minimum absolute atomic E-state index is 0.000793. The van der Waals surface area contributed by atoms with Gasteiger partial charge in [-0.05, 0) is 90.4 Å². The Morgan fingerprint density at radius 2 is 1.91 bits per heavy atom. The van der Waals surface area contributed by atoms with Gasteiger partial charge in [0.15, 0.2) is 5.82 Å². The number of aryl methyl sites for hydroxylation is 1. The molecule has 1 saturated heterocycles. The van der Waals surface area contributed by atoms with Crippen molar-refractivity contribution in [2.45, 2.75) is 44.3 Å². The molecule has 9 heteroatoms. The number of hydrogen-bond donors (Lipinski definition) is 2. The van der Waals surface area contributed by atoms with Crippen LogP contribution in [0.1, 0.15) is 36.0 Å². The summed E-state index contributed by atoms with van der Waals surface area (Å²) < 4.78 is 10.4. The van der Waals surface area contributed by atoms with E-state index in [4.69, 9.17) is 15.5 Å². The van der Waals surface area contributed by atoms with E-state index in [0.717, 1.165) is 75.9 Å². The first-order chi connectivity index (χ1) is 22.4. The van der Waals surface area contributed by atoms with E-state index in [9.17, 15) is 9.59 Å². The number of aromatic amines is 1. The molecule has 0 spiro atoms. The number of H-pyrrole nitrogens is 1. The molecule has 232 valence electrons. The first-order valence-electron chi connectivity index (χ1n) is 16.2. The second-order valence-corrected chi connectivity index (χ2v) is 13.4. The van der Waals surface area contributed by atoms with Gasteiger partial charge in [-0.1, -0.05) is 24.3 Å². The zero-order chi connectivity index (χ0) is 31.3. The number of benzene rings is 3. The normalized spacial score (nSPS) is 20.8. The van der Waals surface area contributed by atoms with E-state index in [0.29, 0.717) is 28.5 Å². The lowest BCUT2D eigenvalue weighted by molar-refractivity contribution is 0.0700. The molecule has 1 amide bonds. The number of hydrogen-bond acceptors (Lipinski definition) is 5. The van der Waals surface area contributed by atoms with Crippen LogP contribution in [0.5, 0.6) is 5.75 Å². The van der Waals surface area contributed by atoms with Gasteiger partial charge >= 0.3 is 0 Å². The largest absolute Gasteiger partial charge is 0.494 e. The summed E-state index contributed by atoms with van der Waals surface area (Å²) in [5.41, 5.74) is 12.8. The van der Waals surface area contributed by atoms with E-state index in [1.54, 1.807) is 13.3 Å². The highest BCUT2D eigenvalue weighted by Gasteiger charge is 2.47. The number of methoxy groups -OCH3 is 1. The fourth-order valence-electron chi connectivity index (χ4n) is 8.10. The number of rotatable bonds is 6. The van der Waals surface area contributed by atoms with Crippen molar-refractivity contribution in [2.75, 3.05) is 13.7 Å². The fraction of sp³-hybridized carbons (Fsp3) is 0.324. The molecule has 2 bridgehead atoms. The van der Waals surface area contributed by atoms with Crippen LogP contribution in [-0.2, 0) is 13.6 Å². The van der Waals surface area contributed by atoms with Gasteiger partial charge in [-0.15, -0.1) is 0 Å². The molecule has 2 unspecified atom stereocenters. The smallest absolute Gasteiger partial charge is 0.255 e. The van der Waals surface area contributed by atoms with Crippen LogP contribution in [0.3, 0.4) is 0 Å². The summed E-state index contributed by atoms with van der Waals surface area (Å²) in [6.45, 7) is 1.62. The van der Waals surface area contributed by atoms with Crippen molar-refractivity contribution >= 4 is 38.6 Å². The Balaban J connectivity index is 1.18. The summed E-state index contributed by atoms with van der Waals surface area (Å²) in [4.78, 5) is 36.2. The Bertz CT molecular complexity index is 2270. The van der Waals surface area contributed by atoms with E-state index in [2.05, 4.69) is 44.5 Å². The minimum atomic E-state index is -0.0850. The number of likely N-dealkylation sites (tertiary alicyclic amines) is 1. The van der Waals surface area contributed by atoms with Crippen LogP contribution < -0.4 is 16.0 Å². The second-order valence-electron chi connectivity index (χ2n) is 13.4. The highest BCUT2D eigenvalue weighted by Crippen LogP contribution is 2.41. The monoisotopic (exact) mass is 612 g/mol. The van der Waals surface area contributed by atoms with Crippen molar-refractivity contribution in [3.63, 3.8) is 0 Å². The first kappa shape index (κ1) is 27.4. The van der Waals surface area contributed by atoms with Crippen LogP contribution in [0, 0.1) is 11.8 Å². The van der Waals surface area contributed by atoms with Crippen LogP contribution in [-0.4, -0.2) is 55.6 Å². The Hall–Kier alpha value is -4.89. The van der Waals surface area contributed by atoms with Gasteiger partial charge in [0, 0.05) is 60.3 Å². The number of amides is 1. The van der Waals surface area contributed by atoms with Crippen molar-refractivity contribution in [3.8, 4) is 28.4 Å². The summed E-state index contributed by atoms with van der Waals surface area (Å²) in [5.74, 6) is 2.48. The average molecular weight is 613 g/mol. The summed E-state index contributed by atoms with van der Waals surface area (Å²) in [5, 5.41) is 2.75. The Kier molecular flexibility index (Phi) is 5.99. The highest BCUT2D eigenvalue weighted by atomic mass is 16.5. The molecule has 46 heavy (non-hydrogen) atoms. The van der Waals surface area contributed by atoms with E-state index < -0.39 is 0 Å². The van der Waals surface area contributed by atoms with Crippen molar-refractivity contribution in [2.24, 2.45) is 24.6 Å². The SMILES string of the molecule is COc1cc(C(=O)N2CC3CCC2[C@@H]3N)cc2nc(-c3cc4ccc(-c5cccc6c(=O)[nH]ccc56)cc4n3CC3CC3)n(C)c12. The van der Waals surface area contributed by atoms with Crippen LogP contribution >= 0.6 is 0 Å². The fourth-order valence-corrected chi connectivity index (χ4v) is 8.10. The number of pyridine rings is 1. The topological polar surface area (TPSA) is 111 Å². The Morgan fingerprint density at radius 3 is 2.67 bits per heavy atom. The van der Waals surface area contributed by atoms with E-state index >= 15 is 0 Å². The molecule has 3 atom stereocenters. The van der Waals surface area contributed by atoms with Gasteiger partial charge in [-0.25, -0.2) is 4.98 Å². The van der Waals surface area contributed by atoms with E-state index in [1.807, 2.05) is 42.3 Å². The number of piperidine rings is 1.